The normalized spacial score (nSPS) is 12.4. The van der Waals surface area contributed by atoms with Crippen molar-refractivity contribution in [3.8, 4) is 11.5 Å². The molecule has 0 atom stereocenters. The quantitative estimate of drug-likeness (QED) is 0.663. The van der Waals surface area contributed by atoms with Gasteiger partial charge < -0.3 is 20.1 Å². The van der Waals surface area contributed by atoms with Crippen LogP contribution in [0.4, 0.5) is 17.1 Å². The molecule has 0 radical (unpaired) electrons. The Labute approximate surface area is 167 Å². The first-order valence-corrected chi connectivity index (χ1v) is 9.15. The summed E-state index contributed by atoms with van der Waals surface area (Å²) in [5, 5.41) is 6.67. The highest BCUT2D eigenvalue weighted by atomic mass is 35.5. The van der Waals surface area contributed by atoms with Crippen LogP contribution >= 0.6 is 11.6 Å². The maximum atomic E-state index is 12.6. The zero-order chi connectivity index (χ0) is 19.5. The number of amides is 1. The minimum Gasteiger partial charge on any atom is -0.486 e. The molecular weight excluding hydrogens is 378 g/mol. The van der Waals surface area contributed by atoms with Crippen LogP contribution in [0.3, 0.4) is 0 Å². The van der Waals surface area contributed by atoms with Crippen molar-refractivity contribution in [1.82, 2.24) is 4.98 Å². The summed E-state index contributed by atoms with van der Waals surface area (Å²) in [6.45, 7) is 2.98. The van der Waals surface area contributed by atoms with Crippen LogP contribution in [0.15, 0.2) is 54.9 Å². The van der Waals surface area contributed by atoms with E-state index in [9.17, 15) is 4.79 Å². The van der Waals surface area contributed by atoms with Crippen LogP contribution in [0, 0.1) is 6.92 Å². The van der Waals surface area contributed by atoms with Crippen LogP contribution in [-0.4, -0.2) is 24.1 Å². The highest BCUT2D eigenvalue weighted by Crippen LogP contribution is 2.33. The molecule has 7 heteroatoms. The molecule has 0 bridgehead atoms. The Balaban J connectivity index is 1.51. The number of rotatable bonds is 4. The molecule has 0 saturated heterocycles. The fraction of sp³-hybridized carbons (Fsp3) is 0.143. The molecule has 0 saturated carbocycles. The number of ether oxygens (including phenoxy) is 2. The van der Waals surface area contributed by atoms with Crippen molar-refractivity contribution >= 4 is 34.6 Å². The lowest BCUT2D eigenvalue weighted by Crippen LogP contribution is -2.15. The number of pyridine rings is 1. The van der Waals surface area contributed by atoms with Gasteiger partial charge in [0.25, 0.3) is 5.91 Å². The number of fused-ring (bicyclic) bond motifs is 1. The highest BCUT2D eigenvalue weighted by molar-refractivity contribution is 6.31. The number of nitrogens with zero attached hydrogens (tertiary/aromatic N) is 1. The molecule has 142 valence electrons. The fourth-order valence-electron chi connectivity index (χ4n) is 2.84. The number of nitrogens with one attached hydrogen (secondary N) is 2. The largest absolute Gasteiger partial charge is 0.486 e. The first-order chi connectivity index (χ1) is 13.6. The zero-order valence-corrected chi connectivity index (χ0v) is 15.9. The van der Waals surface area contributed by atoms with Crippen molar-refractivity contribution < 1.29 is 14.3 Å². The first-order valence-electron chi connectivity index (χ1n) is 8.78. The monoisotopic (exact) mass is 395 g/mol. The van der Waals surface area contributed by atoms with E-state index >= 15 is 0 Å². The SMILES string of the molecule is Cc1ccc(Cl)cc1NC(=O)c1cncc(Nc2ccc3c(c2)OCCO3)c1. The summed E-state index contributed by atoms with van der Waals surface area (Å²) in [6, 6.07) is 12.7. The maximum Gasteiger partial charge on any atom is 0.257 e. The second-order valence-corrected chi connectivity index (χ2v) is 6.80. The summed E-state index contributed by atoms with van der Waals surface area (Å²) in [6.07, 6.45) is 3.17. The first kappa shape index (κ1) is 18.1. The van der Waals surface area contributed by atoms with Gasteiger partial charge in [0.1, 0.15) is 13.2 Å². The molecule has 0 spiro atoms. The van der Waals surface area contributed by atoms with Gasteiger partial charge in [-0.15, -0.1) is 0 Å². The molecule has 28 heavy (non-hydrogen) atoms. The summed E-state index contributed by atoms with van der Waals surface area (Å²) in [7, 11) is 0. The Bertz CT molecular complexity index is 1040. The third-order valence-corrected chi connectivity index (χ3v) is 4.51. The number of aryl methyl sites for hydroxylation is 1. The minimum atomic E-state index is -0.260. The molecule has 3 aromatic rings. The highest BCUT2D eigenvalue weighted by Gasteiger charge is 2.13. The standard InChI is InChI=1S/C21H18ClN3O3/c1-13-2-3-15(22)9-18(13)25-21(26)14-8-17(12-23-11-14)24-16-4-5-19-20(10-16)28-7-6-27-19/h2-5,8-12,24H,6-7H2,1H3,(H,25,26). The number of aromatic nitrogens is 1. The summed E-state index contributed by atoms with van der Waals surface area (Å²) in [5.74, 6) is 1.15. The van der Waals surface area contributed by atoms with Gasteiger partial charge in [0, 0.05) is 28.7 Å². The average molecular weight is 396 g/mol. The third kappa shape index (κ3) is 4.02. The van der Waals surface area contributed by atoms with E-state index in [1.807, 2.05) is 31.2 Å². The van der Waals surface area contributed by atoms with E-state index < -0.39 is 0 Å². The van der Waals surface area contributed by atoms with E-state index in [0.717, 1.165) is 17.0 Å². The number of hydrogen-bond acceptors (Lipinski definition) is 5. The van der Waals surface area contributed by atoms with Crippen LogP contribution < -0.4 is 20.1 Å². The van der Waals surface area contributed by atoms with Crippen LogP contribution in [0.1, 0.15) is 15.9 Å². The Morgan fingerprint density at radius 1 is 1.00 bits per heavy atom. The molecule has 2 N–H and O–H groups in total. The number of halogens is 1. The predicted molar refractivity (Wildman–Crippen MR) is 109 cm³/mol. The van der Waals surface area contributed by atoms with E-state index in [0.29, 0.717) is 40.9 Å². The minimum absolute atomic E-state index is 0.260. The van der Waals surface area contributed by atoms with Crippen molar-refractivity contribution in [2.45, 2.75) is 6.92 Å². The second-order valence-electron chi connectivity index (χ2n) is 6.36. The van der Waals surface area contributed by atoms with Gasteiger partial charge in [0.05, 0.1) is 17.4 Å². The summed E-state index contributed by atoms with van der Waals surface area (Å²) in [5.41, 5.74) is 3.53. The second kappa shape index (κ2) is 7.78. The molecule has 1 aliphatic heterocycles. The number of benzene rings is 2. The van der Waals surface area contributed by atoms with Crippen LogP contribution in [0.5, 0.6) is 11.5 Å². The smallest absolute Gasteiger partial charge is 0.257 e. The fourth-order valence-corrected chi connectivity index (χ4v) is 3.02. The van der Waals surface area contributed by atoms with Crippen molar-refractivity contribution in [3.05, 3.63) is 71.0 Å². The van der Waals surface area contributed by atoms with E-state index in [4.69, 9.17) is 21.1 Å². The van der Waals surface area contributed by atoms with E-state index in [1.54, 1.807) is 24.4 Å². The Kier molecular flexibility index (Phi) is 5.04. The molecule has 0 unspecified atom stereocenters. The van der Waals surface area contributed by atoms with Gasteiger partial charge in [-0.1, -0.05) is 17.7 Å². The van der Waals surface area contributed by atoms with Crippen molar-refractivity contribution in [2.24, 2.45) is 0 Å². The molecule has 1 amide bonds. The molecule has 4 rings (SSSR count). The lowest BCUT2D eigenvalue weighted by atomic mass is 10.2. The van der Waals surface area contributed by atoms with Gasteiger partial charge in [-0.05, 0) is 42.8 Å². The van der Waals surface area contributed by atoms with Gasteiger partial charge in [-0.3, -0.25) is 9.78 Å². The van der Waals surface area contributed by atoms with Crippen molar-refractivity contribution in [2.75, 3.05) is 23.8 Å². The van der Waals surface area contributed by atoms with Gasteiger partial charge in [0.15, 0.2) is 11.5 Å². The lowest BCUT2D eigenvalue weighted by Gasteiger charge is -2.19. The van der Waals surface area contributed by atoms with Gasteiger partial charge in [0.2, 0.25) is 0 Å². The molecule has 2 aromatic carbocycles. The predicted octanol–water partition coefficient (Wildman–Crippen LogP) is 4.81. The topological polar surface area (TPSA) is 72.5 Å². The van der Waals surface area contributed by atoms with Gasteiger partial charge in [-0.2, -0.15) is 0 Å². The maximum absolute atomic E-state index is 12.6. The van der Waals surface area contributed by atoms with Crippen LogP contribution in [0.2, 0.25) is 5.02 Å². The number of carbonyl (C=O) groups excluding carboxylic acids is 1. The molecule has 1 aliphatic rings. The number of anilines is 3. The molecule has 2 heterocycles. The van der Waals surface area contributed by atoms with Gasteiger partial charge >= 0.3 is 0 Å². The van der Waals surface area contributed by atoms with Gasteiger partial charge in [-0.25, -0.2) is 0 Å². The average Bonchev–Trinajstić information content (AvgIpc) is 2.71. The van der Waals surface area contributed by atoms with Crippen molar-refractivity contribution in [3.63, 3.8) is 0 Å². The third-order valence-electron chi connectivity index (χ3n) is 4.28. The number of hydrogen-bond donors (Lipinski definition) is 2. The van der Waals surface area contributed by atoms with Crippen molar-refractivity contribution in [1.29, 1.82) is 0 Å². The zero-order valence-electron chi connectivity index (χ0n) is 15.2. The Morgan fingerprint density at radius 2 is 1.82 bits per heavy atom. The summed E-state index contributed by atoms with van der Waals surface area (Å²) in [4.78, 5) is 16.8. The van der Waals surface area contributed by atoms with Crippen LogP contribution in [0.25, 0.3) is 0 Å². The molecule has 6 nitrogen and oxygen atoms in total. The summed E-state index contributed by atoms with van der Waals surface area (Å²) >= 11 is 6.02. The molecule has 1 aromatic heterocycles. The molecular formula is C21H18ClN3O3. The van der Waals surface area contributed by atoms with E-state index in [1.165, 1.54) is 6.20 Å². The summed E-state index contributed by atoms with van der Waals surface area (Å²) < 4.78 is 11.1. The molecule has 0 aliphatic carbocycles. The van der Waals surface area contributed by atoms with E-state index in [-0.39, 0.29) is 5.91 Å². The Hall–Kier alpha value is -3.25. The number of carbonyl (C=O) groups is 1. The lowest BCUT2D eigenvalue weighted by molar-refractivity contribution is 0.102. The van der Waals surface area contributed by atoms with E-state index in [2.05, 4.69) is 15.6 Å². The molecule has 0 fully saturated rings. The Morgan fingerprint density at radius 3 is 2.68 bits per heavy atom. The van der Waals surface area contributed by atoms with Crippen LogP contribution in [-0.2, 0) is 0 Å².